The highest BCUT2D eigenvalue weighted by atomic mass is 31.2. The molecule has 0 heterocycles. The zero-order valence-electron chi connectivity index (χ0n) is 40.3. The van der Waals surface area contributed by atoms with Gasteiger partial charge < -0.3 is 18.9 Å². The number of unbranched alkanes of at least 4 members (excludes halogenated alkanes) is 18. The van der Waals surface area contributed by atoms with E-state index in [9.17, 15) is 19.0 Å². The number of carbonyl (C=O) groups is 2. The van der Waals surface area contributed by atoms with Crippen LogP contribution in [0.15, 0.2) is 72.9 Å². The predicted molar refractivity (Wildman–Crippen MR) is 261 cm³/mol. The fourth-order valence-corrected chi connectivity index (χ4v) is 7.19. The molecule has 9 nitrogen and oxygen atoms in total. The molecule has 0 bridgehead atoms. The topological polar surface area (TPSA) is 108 Å². The van der Waals surface area contributed by atoms with E-state index in [0.717, 1.165) is 57.8 Å². The van der Waals surface area contributed by atoms with Crippen LogP contribution >= 0.6 is 7.82 Å². The van der Waals surface area contributed by atoms with Gasteiger partial charge in [-0.2, -0.15) is 0 Å². The molecular formula is C52H93NO8P+. The first-order valence-electron chi connectivity index (χ1n) is 24.7. The molecule has 0 amide bonds. The molecule has 0 saturated heterocycles. The van der Waals surface area contributed by atoms with E-state index in [-0.39, 0.29) is 32.0 Å². The number of carbonyl (C=O) groups excluding carboxylic acids is 2. The van der Waals surface area contributed by atoms with E-state index in [4.69, 9.17) is 18.5 Å². The van der Waals surface area contributed by atoms with Crippen molar-refractivity contribution in [3.05, 3.63) is 72.9 Å². The fourth-order valence-electron chi connectivity index (χ4n) is 6.45. The first-order chi connectivity index (χ1) is 30.0. The Kier molecular flexibility index (Phi) is 41.9. The van der Waals surface area contributed by atoms with Crippen molar-refractivity contribution in [3.8, 4) is 0 Å². The number of quaternary nitrogens is 1. The summed E-state index contributed by atoms with van der Waals surface area (Å²) in [5, 5.41) is 0. The van der Waals surface area contributed by atoms with Gasteiger partial charge in [0.15, 0.2) is 6.10 Å². The van der Waals surface area contributed by atoms with Crippen molar-refractivity contribution < 1.29 is 42.1 Å². The third-order valence-corrected chi connectivity index (χ3v) is 11.2. The fraction of sp³-hybridized carbons (Fsp3) is 0.731. The summed E-state index contributed by atoms with van der Waals surface area (Å²) in [7, 11) is 1.43. The summed E-state index contributed by atoms with van der Waals surface area (Å²) in [6, 6.07) is 0. The van der Waals surface area contributed by atoms with Crippen molar-refractivity contribution in [2.75, 3.05) is 47.5 Å². The van der Waals surface area contributed by atoms with E-state index < -0.39 is 26.5 Å². The minimum atomic E-state index is -4.40. The average Bonchev–Trinajstić information content (AvgIpc) is 3.23. The molecule has 2 atom stereocenters. The van der Waals surface area contributed by atoms with E-state index in [2.05, 4.69) is 74.6 Å². The Morgan fingerprint density at radius 1 is 0.516 bits per heavy atom. The number of hydrogen-bond donors (Lipinski definition) is 1. The van der Waals surface area contributed by atoms with Crippen LogP contribution in [0.4, 0.5) is 0 Å². The second kappa shape index (κ2) is 43.7. The second-order valence-corrected chi connectivity index (χ2v) is 18.9. The molecule has 0 radical (unpaired) electrons. The van der Waals surface area contributed by atoms with Crippen LogP contribution in [0.1, 0.15) is 194 Å². The Labute approximate surface area is 380 Å². The highest BCUT2D eigenvalue weighted by molar-refractivity contribution is 7.47. The predicted octanol–water partition coefficient (Wildman–Crippen LogP) is 14.6. The number of phosphoric ester groups is 1. The maximum atomic E-state index is 12.7. The lowest BCUT2D eigenvalue weighted by Gasteiger charge is -2.24. The molecule has 0 saturated carbocycles. The Morgan fingerprint density at radius 3 is 1.34 bits per heavy atom. The van der Waals surface area contributed by atoms with Crippen molar-refractivity contribution in [2.45, 2.75) is 200 Å². The third-order valence-electron chi connectivity index (χ3n) is 10.3. The van der Waals surface area contributed by atoms with E-state index in [1.807, 2.05) is 33.3 Å². The number of esters is 2. The van der Waals surface area contributed by atoms with Gasteiger partial charge in [-0.15, -0.1) is 0 Å². The van der Waals surface area contributed by atoms with Crippen LogP contribution in [0.3, 0.4) is 0 Å². The SMILES string of the molecule is CC/C=C\C/C=C\C/C=C\C/C=C\C/C=C\C/C=C\CCC(=O)O[C@H](COC(=O)CCCCCCCCCCCCCCCCCCCCC)COP(=O)(O)OCC[N+](C)(C)C. The molecule has 0 aliphatic carbocycles. The van der Waals surface area contributed by atoms with Crippen LogP contribution in [0, 0.1) is 0 Å². The molecule has 0 aromatic rings. The molecule has 0 aliphatic rings. The largest absolute Gasteiger partial charge is 0.472 e. The first kappa shape index (κ1) is 59.5. The van der Waals surface area contributed by atoms with Crippen molar-refractivity contribution >= 4 is 19.8 Å². The minimum absolute atomic E-state index is 0.0160. The lowest BCUT2D eigenvalue weighted by atomic mass is 10.0. The molecule has 62 heavy (non-hydrogen) atoms. The van der Waals surface area contributed by atoms with Crippen molar-refractivity contribution in [3.63, 3.8) is 0 Å². The first-order valence-corrected chi connectivity index (χ1v) is 26.2. The van der Waals surface area contributed by atoms with Gasteiger partial charge in [-0.3, -0.25) is 18.6 Å². The van der Waals surface area contributed by atoms with Gasteiger partial charge in [0.05, 0.1) is 27.7 Å². The molecule has 0 aromatic heterocycles. The number of nitrogens with zero attached hydrogens (tertiary/aromatic N) is 1. The molecule has 0 rings (SSSR count). The molecule has 0 aliphatic heterocycles. The zero-order valence-corrected chi connectivity index (χ0v) is 41.2. The van der Waals surface area contributed by atoms with Crippen molar-refractivity contribution in [2.24, 2.45) is 0 Å². The number of rotatable bonds is 44. The summed E-state index contributed by atoms with van der Waals surface area (Å²) in [4.78, 5) is 35.5. The summed E-state index contributed by atoms with van der Waals surface area (Å²) in [6.45, 7) is 4.23. The quantitative estimate of drug-likeness (QED) is 0.0212. The summed E-state index contributed by atoms with van der Waals surface area (Å²) >= 11 is 0. The Balaban J connectivity index is 4.39. The highest BCUT2D eigenvalue weighted by Gasteiger charge is 2.27. The molecule has 0 fully saturated rings. The van der Waals surface area contributed by atoms with E-state index in [0.29, 0.717) is 17.4 Å². The lowest BCUT2D eigenvalue weighted by Crippen LogP contribution is -2.37. The van der Waals surface area contributed by atoms with E-state index in [1.54, 1.807) is 0 Å². The molecule has 0 aromatic carbocycles. The number of phosphoric acid groups is 1. The van der Waals surface area contributed by atoms with Crippen LogP contribution in [-0.4, -0.2) is 74.9 Å². The van der Waals surface area contributed by atoms with Crippen molar-refractivity contribution in [1.29, 1.82) is 0 Å². The number of likely N-dealkylation sites (N-methyl/N-ethyl adjacent to an activating group) is 1. The standard InChI is InChI=1S/C52H92NO8P/c1-6-8-10-12-14-16-18-20-22-24-26-28-30-32-34-36-38-40-42-44-51(54)58-48-50(49-60-62(56,57)59-47-46-53(3,4)5)61-52(55)45-43-41-39-37-35-33-31-29-27-25-23-21-19-17-15-13-11-9-7-2/h9,11,15,17,21,23,27,29,33,35,39,41,50H,6-8,10,12-14,16,18-20,22,24-26,28,30-32,34,36-38,40,42-49H2,1-5H3/p+1/b11-9-,17-15-,23-21-,29-27-,35-33-,41-39-/t50-/m1/s1. The van der Waals surface area contributed by atoms with Crippen LogP contribution in [0.25, 0.3) is 0 Å². The average molecular weight is 891 g/mol. The van der Waals surface area contributed by atoms with Crippen LogP contribution in [-0.2, 0) is 32.7 Å². The van der Waals surface area contributed by atoms with Crippen LogP contribution < -0.4 is 0 Å². The maximum Gasteiger partial charge on any atom is 0.472 e. The smallest absolute Gasteiger partial charge is 0.462 e. The summed E-state index contributed by atoms with van der Waals surface area (Å²) < 4.78 is 34.3. The van der Waals surface area contributed by atoms with Gasteiger partial charge >= 0.3 is 19.8 Å². The lowest BCUT2D eigenvalue weighted by molar-refractivity contribution is -0.870. The van der Waals surface area contributed by atoms with Crippen LogP contribution in [0.5, 0.6) is 0 Å². The van der Waals surface area contributed by atoms with Gasteiger partial charge in [-0.25, -0.2) is 4.57 Å². The summed E-state index contributed by atoms with van der Waals surface area (Å²) in [5.41, 5.74) is 0. The zero-order chi connectivity index (χ0) is 45.7. The molecule has 358 valence electrons. The van der Waals surface area contributed by atoms with Gasteiger partial charge in [0.1, 0.15) is 19.8 Å². The van der Waals surface area contributed by atoms with Gasteiger partial charge in [0.25, 0.3) is 0 Å². The summed E-state index contributed by atoms with van der Waals surface area (Å²) in [6.07, 6.45) is 55.4. The summed E-state index contributed by atoms with van der Waals surface area (Å²) in [5.74, 6) is -0.894. The van der Waals surface area contributed by atoms with Crippen molar-refractivity contribution in [1.82, 2.24) is 0 Å². The van der Waals surface area contributed by atoms with Gasteiger partial charge in [-0.1, -0.05) is 202 Å². The normalized spacial score (nSPS) is 14.1. The molecule has 0 spiro atoms. The second-order valence-electron chi connectivity index (χ2n) is 17.5. The molecule has 1 N–H and O–H groups in total. The number of hydrogen-bond acceptors (Lipinski definition) is 7. The highest BCUT2D eigenvalue weighted by Crippen LogP contribution is 2.43. The molecule has 10 heteroatoms. The number of allylic oxidation sites excluding steroid dienone is 12. The maximum absolute atomic E-state index is 12.7. The van der Waals surface area contributed by atoms with Gasteiger partial charge in [0.2, 0.25) is 0 Å². The molecule has 1 unspecified atom stereocenters. The van der Waals surface area contributed by atoms with Crippen LogP contribution in [0.2, 0.25) is 0 Å². The third kappa shape index (κ3) is 46.9. The van der Waals surface area contributed by atoms with Gasteiger partial charge in [-0.05, 0) is 51.4 Å². The van der Waals surface area contributed by atoms with E-state index in [1.165, 1.54) is 103 Å². The van der Waals surface area contributed by atoms with Gasteiger partial charge in [0, 0.05) is 12.8 Å². The van der Waals surface area contributed by atoms with E-state index >= 15 is 0 Å². The minimum Gasteiger partial charge on any atom is -0.462 e. The Morgan fingerprint density at radius 2 is 0.919 bits per heavy atom. The Bertz CT molecular complexity index is 1280. The Hall–Kier alpha value is -2.55. The molecular weight excluding hydrogens is 798 g/mol. The number of ether oxygens (including phenoxy) is 2. The monoisotopic (exact) mass is 891 g/mol.